The summed E-state index contributed by atoms with van der Waals surface area (Å²) in [5, 5.41) is 11.1. The van der Waals surface area contributed by atoms with Crippen molar-refractivity contribution < 1.29 is 19.4 Å². The fraction of sp³-hybridized carbons (Fsp3) is 0.429. The van der Waals surface area contributed by atoms with E-state index in [1.165, 1.54) is 0 Å². The Morgan fingerprint density at radius 3 is 2.16 bits per heavy atom. The molecule has 0 aromatic heterocycles. The summed E-state index contributed by atoms with van der Waals surface area (Å²) in [4.78, 5) is 23.3. The molecule has 5 nitrogen and oxygen atoms in total. The minimum absolute atomic E-state index is 0.109. The van der Waals surface area contributed by atoms with Crippen LogP contribution in [0.15, 0.2) is 24.3 Å². The number of esters is 1. The van der Waals surface area contributed by atoms with E-state index < -0.39 is 11.6 Å². The summed E-state index contributed by atoms with van der Waals surface area (Å²) < 4.78 is 5.22. The minimum Gasteiger partial charge on any atom is -0.456 e. The molecule has 0 atom stereocenters. The van der Waals surface area contributed by atoms with Gasteiger partial charge in [0, 0.05) is 12.1 Å². The molecule has 0 unspecified atom stereocenters. The molecule has 0 heterocycles. The molecule has 0 aliphatic carbocycles. The van der Waals surface area contributed by atoms with E-state index in [0.29, 0.717) is 11.1 Å². The standard InChI is InChI=1S/C14H19NO4/c1-14(2,3)19-13(18)11-6-4-10(5-7-11)12(17)15-8-9-16/h4-7,16H,8-9H2,1-3H3,(H,15,17). The van der Waals surface area contributed by atoms with Gasteiger partial charge < -0.3 is 15.2 Å². The Kier molecular flexibility index (Phi) is 5.06. The molecule has 1 aromatic rings. The highest BCUT2D eigenvalue weighted by molar-refractivity contribution is 5.96. The van der Waals surface area contributed by atoms with Crippen molar-refractivity contribution >= 4 is 11.9 Å². The number of rotatable bonds is 4. The van der Waals surface area contributed by atoms with E-state index in [-0.39, 0.29) is 19.1 Å². The number of benzene rings is 1. The first kappa shape index (κ1) is 15.2. The van der Waals surface area contributed by atoms with Gasteiger partial charge in [0.15, 0.2) is 0 Å². The summed E-state index contributed by atoms with van der Waals surface area (Å²) >= 11 is 0. The molecule has 2 N–H and O–H groups in total. The first-order valence-electron chi connectivity index (χ1n) is 6.06. The zero-order chi connectivity index (χ0) is 14.5. The second-order valence-electron chi connectivity index (χ2n) is 5.06. The van der Waals surface area contributed by atoms with Crippen molar-refractivity contribution in [2.75, 3.05) is 13.2 Å². The first-order valence-corrected chi connectivity index (χ1v) is 6.06. The zero-order valence-electron chi connectivity index (χ0n) is 11.4. The predicted octanol–water partition coefficient (Wildman–Crippen LogP) is 1.36. The van der Waals surface area contributed by atoms with Crippen LogP contribution >= 0.6 is 0 Å². The molecule has 104 valence electrons. The largest absolute Gasteiger partial charge is 0.456 e. The minimum atomic E-state index is -0.547. The van der Waals surface area contributed by atoms with Gasteiger partial charge in [-0.15, -0.1) is 0 Å². The molecule has 0 saturated carbocycles. The van der Waals surface area contributed by atoms with Crippen LogP contribution in [-0.2, 0) is 4.74 Å². The molecule has 0 bridgehead atoms. The van der Waals surface area contributed by atoms with Crippen molar-refractivity contribution in [3.8, 4) is 0 Å². The molecule has 0 radical (unpaired) electrons. The van der Waals surface area contributed by atoms with E-state index >= 15 is 0 Å². The topological polar surface area (TPSA) is 75.6 Å². The van der Waals surface area contributed by atoms with Gasteiger partial charge in [0.2, 0.25) is 0 Å². The second kappa shape index (κ2) is 6.33. The lowest BCUT2D eigenvalue weighted by Crippen LogP contribution is -2.26. The number of aliphatic hydroxyl groups excluding tert-OH is 1. The third kappa shape index (κ3) is 5.09. The van der Waals surface area contributed by atoms with Crippen molar-refractivity contribution in [2.24, 2.45) is 0 Å². The molecule has 0 fully saturated rings. The zero-order valence-corrected chi connectivity index (χ0v) is 11.4. The number of ether oxygens (including phenoxy) is 1. The Hall–Kier alpha value is -1.88. The lowest BCUT2D eigenvalue weighted by molar-refractivity contribution is 0.00693. The number of hydrogen-bond donors (Lipinski definition) is 2. The maximum Gasteiger partial charge on any atom is 0.338 e. The van der Waals surface area contributed by atoms with Crippen LogP contribution in [0.5, 0.6) is 0 Å². The van der Waals surface area contributed by atoms with E-state index in [2.05, 4.69) is 5.32 Å². The van der Waals surface area contributed by atoms with Gasteiger partial charge in [0.1, 0.15) is 5.60 Å². The Balaban J connectivity index is 2.71. The summed E-state index contributed by atoms with van der Waals surface area (Å²) in [5.41, 5.74) is 0.281. The van der Waals surface area contributed by atoms with Gasteiger partial charge in [0.25, 0.3) is 5.91 Å². The lowest BCUT2D eigenvalue weighted by atomic mass is 10.1. The van der Waals surface area contributed by atoms with Crippen LogP contribution in [0.3, 0.4) is 0 Å². The van der Waals surface area contributed by atoms with Crippen LogP contribution in [0.25, 0.3) is 0 Å². The summed E-state index contributed by atoms with van der Waals surface area (Å²) in [6, 6.07) is 6.18. The second-order valence-corrected chi connectivity index (χ2v) is 5.06. The van der Waals surface area contributed by atoms with Crippen LogP contribution in [0.1, 0.15) is 41.5 Å². The van der Waals surface area contributed by atoms with Crippen molar-refractivity contribution in [3.63, 3.8) is 0 Å². The summed E-state index contributed by atoms with van der Waals surface area (Å²) in [7, 11) is 0. The monoisotopic (exact) mass is 265 g/mol. The van der Waals surface area contributed by atoms with Crippen LogP contribution in [0.2, 0.25) is 0 Å². The molecular formula is C14H19NO4. The average molecular weight is 265 g/mol. The molecular weight excluding hydrogens is 246 g/mol. The molecule has 5 heteroatoms. The Morgan fingerprint density at radius 1 is 1.16 bits per heavy atom. The van der Waals surface area contributed by atoms with Crippen LogP contribution in [0.4, 0.5) is 0 Å². The molecule has 0 spiro atoms. The normalized spacial score (nSPS) is 10.9. The van der Waals surface area contributed by atoms with Crippen molar-refractivity contribution in [2.45, 2.75) is 26.4 Å². The highest BCUT2D eigenvalue weighted by Crippen LogP contribution is 2.12. The maximum absolute atomic E-state index is 11.8. The number of carbonyl (C=O) groups is 2. The van der Waals surface area contributed by atoms with Crippen molar-refractivity contribution in [3.05, 3.63) is 35.4 Å². The average Bonchev–Trinajstić information content (AvgIpc) is 2.34. The van der Waals surface area contributed by atoms with Gasteiger partial charge in [0.05, 0.1) is 12.2 Å². The fourth-order valence-electron chi connectivity index (χ4n) is 1.37. The van der Waals surface area contributed by atoms with E-state index in [1.807, 2.05) is 0 Å². The molecule has 0 saturated heterocycles. The molecule has 0 aliphatic rings. The van der Waals surface area contributed by atoms with Gasteiger partial charge in [-0.1, -0.05) is 0 Å². The third-order valence-electron chi connectivity index (χ3n) is 2.18. The van der Waals surface area contributed by atoms with Gasteiger partial charge in [-0.25, -0.2) is 4.79 Å². The van der Waals surface area contributed by atoms with E-state index in [4.69, 9.17) is 9.84 Å². The number of nitrogens with one attached hydrogen (secondary N) is 1. The Labute approximate surface area is 112 Å². The van der Waals surface area contributed by atoms with Gasteiger partial charge in [-0.05, 0) is 45.0 Å². The van der Waals surface area contributed by atoms with Crippen LogP contribution in [-0.4, -0.2) is 35.7 Å². The Morgan fingerprint density at radius 2 is 1.68 bits per heavy atom. The van der Waals surface area contributed by atoms with Gasteiger partial charge >= 0.3 is 5.97 Å². The third-order valence-corrected chi connectivity index (χ3v) is 2.18. The molecule has 1 amide bonds. The van der Waals surface area contributed by atoms with E-state index in [0.717, 1.165) is 0 Å². The van der Waals surface area contributed by atoms with Crippen molar-refractivity contribution in [1.82, 2.24) is 5.32 Å². The van der Waals surface area contributed by atoms with Crippen LogP contribution < -0.4 is 5.32 Å². The van der Waals surface area contributed by atoms with Gasteiger partial charge in [-0.2, -0.15) is 0 Å². The molecule has 1 aromatic carbocycles. The number of carbonyl (C=O) groups excluding carboxylic acids is 2. The number of amides is 1. The number of hydrogen-bond acceptors (Lipinski definition) is 4. The van der Waals surface area contributed by atoms with E-state index in [1.54, 1.807) is 45.0 Å². The first-order chi connectivity index (χ1) is 8.83. The van der Waals surface area contributed by atoms with Crippen molar-refractivity contribution in [1.29, 1.82) is 0 Å². The summed E-state index contributed by atoms with van der Waals surface area (Å²) in [6.07, 6.45) is 0. The van der Waals surface area contributed by atoms with Crippen LogP contribution in [0, 0.1) is 0 Å². The Bertz CT molecular complexity index is 446. The SMILES string of the molecule is CC(C)(C)OC(=O)c1ccc(C(=O)NCCO)cc1. The predicted molar refractivity (Wildman–Crippen MR) is 71.0 cm³/mol. The van der Waals surface area contributed by atoms with E-state index in [9.17, 15) is 9.59 Å². The maximum atomic E-state index is 11.8. The van der Waals surface area contributed by atoms with Gasteiger partial charge in [-0.3, -0.25) is 4.79 Å². The molecule has 0 aliphatic heterocycles. The highest BCUT2D eigenvalue weighted by atomic mass is 16.6. The summed E-state index contributed by atoms with van der Waals surface area (Å²) in [6.45, 7) is 5.47. The highest BCUT2D eigenvalue weighted by Gasteiger charge is 2.18. The molecule has 1 rings (SSSR count). The quantitative estimate of drug-likeness (QED) is 0.806. The fourth-order valence-corrected chi connectivity index (χ4v) is 1.37. The number of aliphatic hydroxyl groups is 1. The lowest BCUT2D eigenvalue weighted by Gasteiger charge is -2.19. The smallest absolute Gasteiger partial charge is 0.338 e. The molecule has 19 heavy (non-hydrogen) atoms. The summed E-state index contributed by atoms with van der Waals surface area (Å²) in [5.74, 6) is -0.709.